The van der Waals surface area contributed by atoms with Crippen molar-refractivity contribution in [3.05, 3.63) is 78.0 Å². The molecule has 2 N–H and O–H groups in total. The highest BCUT2D eigenvalue weighted by molar-refractivity contribution is 8.00. The van der Waals surface area contributed by atoms with Crippen LogP contribution in [0.15, 0.2) is 71.8 Å². The number of carboxylic acid groups (broad SMARTS) is 1. The monoisotopic (exact) mass is 517 g/mol. The van der Waals surface area contributed by atoms with Crippen LogP contribution >= 0.6 is 11.9 Å². The number of nitrogens with zero attached hydrogens (tertiary/aromatic N) is 2. The Bertz CT molecular complexity index is 1210. The normalized spacial score (nSPS) is 24.9. The van der Waals surface area contributed by atoms with Crippen LogP contribution in [-0.4, -0.2) is 23.2 Å². The molecule has 2 fully saturated rings. The molecule has 2 aromatic carbocycles. The van der Waals surface area contributed by atoms with E-state index in [1.807, 2.05) is 28.7 Å². The van der Waals surface area contributed by atoms with Gasteiger partial charge in [-0.1, -0.05) is 26.0 Å². The lowest BCUT2D eigenvalue weighted by Crippen LogP contribution is -2.38. The van der Waals surface area contributed by atoms with Crippen LogP contribution < -0.4 is 9.79 Å². The summed E-state index contributed by atoms with van der Waals surface area (Å²) in [5, 5.41) is 12.5. The summed E-state index contributed by atoms with van der Waals surface area (Å²) >= 11 is 1.49. The lowest BCUT2D eigenvalue weighted by atomic mass is 9.57. The van der Waals surface area contributed by atoms with E-state index < -0.39 is 5.97 Å². The predicted molar refractivity (Wildman–Crippen MR) is 149 cm³/mol. The molecular formula is C30H35N3O3S. The van der Waals surface area contributed by atoms with E-state index in [4.69, 9.17) is 4.84 Å². The van der Waals surface area contributed by atoms with Gasteiger partial charge in [-0.15, -0.1) is 0 Å². The maximum Gasteiger partial charge on any atom is 0.339 e. The van der Waals surface area contributed by atoms with E-state index in [0.717, 1.165) is 34.0 Å². The van der Waals surface area contributed by atoms with Crippen molar-refractivity contribution >= 4 is 35.1 Å². The second-order valence-corrected chi connectivity index (χ2v) is 11.9. The van der Waals surface area contributed by atoms with Crippen molar-refractivity contribution in [2.75, 3.05) is 16.9 Å². The van der Waals surface area contributed by atoms with Gasteiger partial charge in [0.15, 0.2) is 0 Å². The molecule has 0 aliphatic heterocycles. The van der Waals surface area contributed by atoms with E-state index in [0.29, 0.717) is 5.82 Å². The molecule has 6 nitrogen and oxygen atoms in total. The zero-order valence-corrected chi connectivity index (χ0v) is 22.5. The van der Waals surface area contributed by atoms with Gasteiger partial charge in [0, 0.05) is 28.7 Å². The van der Waals surface area contributed by atoms with Gasteiger partial charge in [-0.25, -0.2) is 9.78 Å². The molecule has 1 heterocycles. The maximum atomic E-state index is 11.4. The summed E-state index contributed by atoms with van der Waals surface area (Å²) in [6.45, 7) is 4.88. The Labute approximate surface area is 223 Å². The summed E-state index contributed by atoms with van der Waals surface area (Å²) in [6.07, 6.45) is 8.35. The number of hydrogen-bond donors (Lipinski definition) is 2. The van der Waals surface area contributed by atoms with E-state index >= 15 is 0 Å². The third kappa shape index (κ3) is 5.78. The lowest BCUT2D eigenvalue weighted by Gasteiger charge is -2.47. The summed E-state index contributed by atoms with van der Waals surface area (Å²) < 4.78 is 1.81. The Hall–Kier alpha value is -3.03. The molecule has 2 aliphatic rings. The first-order valence-electron chi connectivity index (χ1n) is 13.0. The maximum absolute atomic E-state index is 11.4. The first-order chi connectivity index (χ1) is 17.8. The molecule has 0 radical (unpaired) electrons. The van der Waals surface area contributed by atoms with Crippen molar-refractivity contribution in [2.45, 2.75) is 56.3 Å². The van der Waals surface area contributed by atoms with Gasteiger partial charge in [-0.2, -0.15) is 4.47 Å². The van der Waals surface area contributed by atoms with E-state index in [-0.39, 0.29) is 11.0 Å². The van der Waals surface area contributed by atoms with Crippen molar-refractivity contribution in [3.63, 3.8) is 0 Å². The van der Waals surface area contributed by atoms with Crippen LogP contribution in [0.4, 0.5) is 17.2 Å². The van der Waals surface area contributed by atoms with E-state index in [1.165, 1.54) is 55.7 Å². The molecule has 2 unspecified atom stereocenters. The standard InChI is InChI=1S/C30H35N3O3S/c1-20-15-21-17-22(16-20)19-30(2,18-21)23-6-10-25(11-7-23)33(36-3)37-26-12-8-24(9-13-26)32-28-27(29(34)35)5-4-14-31-28/h4-14,20-22H,15-19H2,1-3H3,(H,31,32)(H,34,35). The molecule has 1 aromatic heterocycles. The Morgan fingerprint density at radius 2 is 1.73 bits per heavy atom. The fourth-order valence-corrected chi connectivity index (χ4v) is 7.27. The molecule has 3 aromatic rings. The molecule has 7 heteroatoms. The molecule has 37 heavy (non-hydrogen) atoms. The van der Waals surface area contributed by atoms with Crippen LogP contribution in [0.1, 0.15) is 61.9 Å². The van der Waals surface area contributed by atoms with Crippen molar-refractivity contribution in [1.82, 2.24) is 4.98 Å². The Morgan fingerprint density at radius 1 is 1.05 bits per heavy atom. The molecule has 2 saturated carbocycles. The Kier molecular flexibility index (Phi) is 7.45. The van der Waals surface area contributed by atoms with E-state index in [2.05, 4.69) is 48.4 Å². The number of aromatic nitrogens is 1. The predicted octanol–water partition coefficient (Wildman–Crippen LogP) is 7.70. The number of carbonyl (C=O) groups is 1. The first-order valence-corrected chi connectivity index (χ1v) is 13.8. The molecule has 2 bridgehead atoms. The van der Waals surface area contributed by atoms with Gasteiger partial charge < -0.3 is 10.4 Å². The summed E-state index contributed by atoms with van der Waals surface area (Å²) in [6, 6.07) is 19.8. The zero-order valence-electron chi connectivity index (χ0n) is 21.7. The topological polar surface area (TPSA) is 74.7 Å². The van der Waals surface area contributed by atoms with Crippen LogP contribution in [0.2, 0.25) is 0 Å². The number of benzene rings is 2. The number of anilines is 3. The number of hydrogen-bond acceptors (Lipinski definition) is 6. The van der Waals surface area contributed by atoms with Gasteiger partial charge >= 0.3 is 5.97 Å². The van der Waals surface area contributed by atoms with Crippen LogP contribution in [0.5, 0.6) is 0 Å². The molecule has 2 aliphatic carbocycles. The average Bonchev–Trinajstić information content (AvgIpc) is 2.88. The molecule has 194 valence electrons. The minimum Gasteiger partial charge on any atom is -0.478 e. The van der Waals surface area contributed by atoms with Crippen molar-refractivity contribution < 1.29 is 14.7 Å². The number of aromatic carboxylic acids is 1. The van der Waals surface area contributed by atoms with Crippen LogP contribution in [-0.2, 0) is 10.3 Å². The van der Waals surface area contributed by atoms with Crippen LogP contribution in [0.3, 0.4) is 0 Å². The quantitative estimate of drug-likeness (QED) is 0.234. The number of pyridine rings is 1. The second-order valence-electron chi connectivity index (χ2n) is 10.9. The smallest absolute Gasteiger partial charge is 0.339 e. The van der Waals surface area contributed by atoms with Crippen LogP contribution in [0, 0.1) is 17.8 Å². The minimum absolute atomic E-state index is 0.134. The van der Waals surface area contributed by atoms with Crippen molar-refractivity contribution in [3.8, 4) is 0 Å². The summed E-state index contributed by atoms with van der Waals surface area (Å²) in [4.78, 5) is 22.3. The van der Waals surface area contributed by atoms with Gasteiger partial charge in [-0.3, -0.25) is 4.84 Å². The molecule has 5 rings (SSSR count). The zero-order chi connectivity index (χ0) is 26.0. The Balaban J connectivity index is 1.25. The lowest BCUT2D eigenvalue weighted by molar-refractivity contribution is 0.0697. The van der Waals surface area contributed by atoms with Gasteiger partial charge in [-0.05, 0) is 109 Å². The fraction of sp³-hybridized carbons (Fsp3) is 0.400. The van der Waals surface area contributed by atoms with Gasteiger partial charge in [0.25, 0.3) is 0 Å². The molecular weight excluding hydrogens is 482 g/mol. The fourth-order valence-electron chi connectivity index (χ4n) is 6.51. The van der Waals surface area contributed by atoms with Crippen LogP contribution in [0.25, 0.3) is 0 Å². The third-order valence-corrected chi connectivity index (χ3v) is 8.91. The number of rotatable bonds is 8. The van der Waals surface area contributed by atoms with E-state index in [9.17, 15) is 9.90 Å². The number of fused-ring (bicyclic) bond motifs is 2. The highest BCUT2D eigenvalue weighted by Gasteiger charge is 2.41. The van der Waals surface area contributed by atoms with Gasteiger partial charge in [0.05, 0.1) is 12.8 Å². The highest BCUT2D eigenvalue weighted by Crippen LogP contribution is 2.51. The van der Waals surface area contributed by atoms with Crippen molar-refractivity contribution in [1.29, 1.82) is 0 Å². The van der Waals surface area contributed by atoms with E-state index in [1.54, 1.807) is 19.4 Å². The largest absolute Gasteiger partial charge is 0.478 e. The Morgan fingerprint density at radius 3 is 2.35 bits per heavy atom. The summed E-state index contributed by atoms with van der Waals surface area (Å²) in [5.74, 6) is 1.91. The molecule has 0 amide bonds. The van der Waals surface area contributed by atoms with Crippen molar-refractivity contribution in [2.24, 2.45) is 17.8 Å². The summed E-state index contributed by atoms with van der Waals surface area (Å²) in [5.41, 5.74) is 3.58. The molecule has 0 saturated heterocycles. The second kappa shape index (κ2) is 10.8. The minimum atomic E-state index is -1.01. The van der Waals surface area contributed by atoms with Gasteiger partial charge in [0.2, 0.25) is 0 Å². The summed E-state index contributed by atoms with van der Waals surface area (Å²) in [7, 11) is 1.68. The average molecular weight is 518 g/mol. The third-order valence-electron chi connectivity index (χ3n) is 7.90. The van der Waals surface area contributed by atoms with Gasteiger partial charge in [0.1, 0.15) is 11.4 Å². The molecule has 2 atom stereocenters. The molecule has 0 spiro atoms. The SMILES string of the molecule is CON(Sc1ccc(Nc2ncccc2C(=O)O)cc1)c1ccc(C2(C)CC3CC(C)CC(C3)C2)cc1. The number of nitrogens with one attached hydrogen (secondary N) is 1. The highest BCUT2D eigenvalue weighted by atomic mass is 32.2. The number of carboxylic acids is 1. The first kappa shape index (κ1) is 25.6.